The van der Waals surface area contributed by atoms with Crippen molar-refractivity contribution in [3.63, 3.8) is 0 Å². The number of aromatic nitrogens is 4. The molecule has 0 aliphatic carbocycles. The van der Waals surface area contributed by atoms with E-state index in [0.717, 1.165) is 34.2 Å². The van der Waals surface area contributed by atoms with E-state index in [-0.39, 0.29) is 12.1 Å². The highest BCUT2D eigenvalue weighted by Gasteiger charge is 2.11. The van der Waals surface area contributed by atoms with Crippen molar-refractivity contribution in [2.45, 2.75) is 25.9 Å². The van der Waals surface area contributed by atoms with Gasteiger partial charge in [0, 0.05) is 5.56 Å². The van der Waals surface area contributed by atoms with Gasteiger partial charge in [-0.2, -0.15) is 0 Å². The van der Waals surface area contributed by atoms with Crippen molar-refractivity contribution < 1.29 is 0 Å². The summed E-state index contributed by atoms with van der Waals surface area (Å²) in [5.74, 6) is 1.89. The van der Waals surface area contributed by atoms with Crippen LogP contribution in [0.2, 0.25) is 0 Å². The summed E-state index contributed by atoms with van der Waals surface area (Å²) in [7, 11) is 3.87. The SMILES string of the molecule is CNC(C)c1ncc(-c2ccc(-c3ccc4cc(-c5cnc(C(C)NC)[nH]5)ccc4c3)cc2)[nH]1. The van der Waals surface area contributed by atoms with Crippen LogP contribution in [-0.2, 0) is 0 Å². The van der Waals surface area contributed by atoms with Crippen LogP contribution in [-0.4, -0.2) is 34.0 Å². The summed E-state index contributed by atoms with van der Waals surface area (Å²) < 4.78 is 0. The number of nitrogens with one attached hydrogen (secondary N) is 4. The molecule has 5 rings (SSSR count). The van der Waals surface area contributed by atoms with E-state index in [1.54, 1.807) is 0 Å². The Labute approximate surface area is 199 Å². The van der Waals surface area contributed by atoms with Gasteiger partial charge in [0.25, 0.3) is 0 Å². The summed E-state index contributed by atoms with van der Waals surface area (Å²) in [4.78, 5) is 15.8. The molecule has 0 amide bonds. The summed E-state index contributed by atoms with van der Waals surface area (Å²) >= 11 is 0. The molecule has 0 bridgehead atoms. The highest BCUT2D eigenvalue weighted by Crippen LogP contribution is 2.30. The summed E-state index contributed by atoms with van der Waals surface area (Å²) in [5.41, 5.74) is 6.72. The zero-order valence-corrected chi connectivity index (χ0v) is 20.0. The highest BCUT2D eigenvalue weighted by atomic mass is 15.0. The van der Waals surface area contributed by atoms with E-state index >= 15 is 0 Å². The lowest BCUT2D eigenvalue weighted by atomic mass is 9.98. The van der Waals surface area contributed by atoms with Gasteiger partial charge in [0.1, 0.15) is 11.6 Å². The number of benzene rings is 3. The van der Waals surface area contributed by atoms with E-state index in [1.807, 2.05) is 26.5 Å². The van der Waals surface area contributed by atoms with Crippen LogP contribution in [0.25, 0.3) is 44.4 Å². The number of nitrogens with zero attached hydrogens (tertiary/aromatic N) is 2. The molecule has 2 aromatic heterocycles. The van der Waals surface area contributed by atoms with Gasteiger partial charge in [-0.15, -0.1) is 0 Å². The molecular weight excluding hydrogens is 420 g/mol. The predicted octanol–water partition coefficient (Wildman–Crippen LogP) is 5.85. The molecule has 4 N–H and O–H groups in total. The van der Waals surface area contributed by atoms with Crippen LogP contribution in [0.5, 0.6) is 0 Å². The first-order valence-corrected chi connectivity index (χ1v) is 11.6. The number of hydrogen-bond donors (Lipinski definition) is 4. The molecule has 34 heavy (non-hydrogen) atoms. The summed E-state index contributed by atoms with van der Waals surface area (Å²) in [5, 5.41) is 8.85. The molecule has 0 saturated heterocycles. The normalized spacial score (nSPS) is 13.3. The molecule has 6 nitrogen and oxygen atoms in total. The smallest absolute Gasteiger partial charge is 0.123 e. The minimum Gasteiger partial charge on any atom is -0.341 e. The Morgan fingerprint density at radius 2 is 1.03 bits per heavy atom. The maximum Gasteiger partial charge on any atom is 0.123 e. The fourth-order valence-corrected chi connectivity index (χ4v) is 4.12. The average molecular weight is 451 g/mol. The molecule has 2 unspecified atom stereocenters. The van der Waals surface area contributed by atoms with Crippen molar-refractivity contribution in [1.82, 2.24) is 30.6 Å². The van der Waals surface area contributed by atoms with Gasteiger partial charge in [-0.3, -0.25) is 0 Å². The minimum absolute atomic E-state index is 0.190. The number of aromatic amines is 2. The van der Waals surface area contributed by atoms with Crippen molar-refractivity contribution >= 4 is 10.8 Å². The Kier molecular flexibility index (Phi) is 6.01. The zero-order valence-electron chi connectivity index (χ0n) is 20.0. The molecule has 172 valence electrons. The quantitative estimate of drug-likeness (QED) is 0.251. The molecular formula is C28H30N6. The minimum atomic E-state index is 0.190. The third-order valence-electron chi connectivity index (χ3n) is 6.56. The standard InChI is InChI=1S/C28H30N6/c1-17(29-3)27-31-15-25(33-27)20-7-5-19(6-8-20)21-9-10-23-14-24(12-11-22(23)13-21)26-16-32-28(34-26)18(2)30-4/h5-18,29-30H,1-4H3,(H,31,33)(H,32,34). The van der Waals surface area contributed by atoms with E-state index in [0.29, 0.717) is 0 Å². The molecule has 0 fully saturated rings. The molecule has 0 spiro atoms. The fourth-order valence-electron chi connectivity index (χ4n) is 4.12. The van der Waals surface area contributed by atoms with Crippen LogP contribution >= 0.6 is 0 Å². The van der Waals surface area contributed by atoms with Crippen molar-refractivity contribution in [2.75, 3.05) is 14.1 Å². The molecule has 2 atom stereocenters. The highest BCUT2D eigenvalue weighted by molar-refractivity contribution is 5.90. The van der Waals surface area contributed by atoms with E-state index < -0.39 is 0 Å². The lowest BCUT2D eigenvalue weighted by Gasteiger charge is -2.08. The summed E-state index contributed by atoms with van der Waals surface area (Å²) in [6.07, 6.45) is 3.80. The molecule has 0 aliphatic heterocycles. The van der Waals surface area contributed by atoms with Crippen LogP contribution in [0.1, 0.15) is 37.6 Å². The third kappa shape index (κ3) is 4.25. The van der Waals surface area contributed by atoms with Gasteiger partial charge >= 0.3 is 0 Å². The van der Waals surface area contributed by atoms with E-state index in [4.69, 9.17) is 0 Å². The average Bonchev–Trinajstić information content (AvgIpc) is 3.58. The topological polar surface area (TPSA) is 81.4 Å². The van der Waals surface area contributed by atoms with Gasteiger partial charge in [0.2, 0.25) is 0 Å². The van der Waals surface area contributed by atoms with Crippen molar-refractivity contribution in [3.05, 3.63) is 84.7 Å². The van der Waals surface area contributed by atoms with Crippen LogP contribution < -0.4 is 10.6 Å². The molecule has 0 saturated carbocycles. The van der Waals surface area contributed by atoms with Crippen LogP contribution in [0.3, 0.4) is 0 Å². The number of fused-ring (bicyclic) bond motifs is 1. The lowest BCUT2D eigenvalue weighted by Crippen LogP contribution is -2.13. The molecule has 0 aliphatic rings. The first kappa shape index (κ1) is 22.1. The van der Waals surface area contributed by atoms with Crippen LogP contribution in [0.4, 0.5) is 0 Å². The zero-order chi connectivity index (χ0) is 23.7. The van der Waals surface area contributed by atoms with Gasteiger partial charge in [-0.1, -0.05) is 48.5 Å². The Balaban J connectivity index is 1.38. The number of hydrogen-bond acceptors (Lipinski definition) is 4. The molecule has 3 aromatic carbocycles. The fraction of sp³-hybridized carbons (Fsp3) is 0.214. The van der Waals surface area contributed by atoms with Gasteiger partial charge in [-0.25, -0.2) is 9.97 Å². The van der Waals surface area contributed by atoms with Gasteiger partial charge in [0.05, 0.1) is 35.9 Å². The summed E-state index contributed by atoms with van der Waals surface area (Å²) in [6, 6.07) is 22.2. The van der Waals surface area contributed by atoms with Gasteiger partial charge in [0.15, 0.2) is 0 Å². The maximum atomic E-state index is 4.51. The largest absolute Gasteiger partial charge is 0.341 e. The van der Waals surface area contributed by atoms with E-state index in [1.165, 1.54) is 21.9 Å². The second kappa shape index (κ2) is 9.25. The van der Waals surface area contributed by atoms with E-state index in [2.05, 4.69) is 105 Å². The summed E-state index contributed by atoms with van der Waals surface area (Å²) in [6.45, 7) is 4.18. The number of H-pyrrole nitrogens is 2. The number of imidazole rings is 2. The Bertz CT molecular complexity index is 1410. The molecule has 0 radical (unpaired) electrons. The second-order valence-corrected chi connectivity index (χ2v) is 8.74. The van der Waals surface area contributed by atoms with Crippen LogP contribution in [0.15, 0.2) is 73.1 Å². The Morgan fingerprint density at radius 1 is 0.588 bits per heavy atom. The van der Waals surface area contributed by atoms with E-state index in [9.17, 15) is 0 Å². The first-order chi connectivity index (χ1) is 16.6. The molecule has 6 heteroatoms. The van der Waals surface area contributed by atoms with Gasteiger partial charge in [-0.05, 0) is 67.5 Å². The lowest BCUT2D eigenvalue weighted by molar-refractivity contribution is 0.618. The Morgan fingerprint density at radius 3 is 1.59 bits per heavy atom. The van der Waals surface area contributed by atoms with Crippen molar-refractivity contribution in [1.29, 1.82) is 0 Å². The number of rotatable bonds is 7. The first-order valence-electron chi connectivity index (χ1n) is 11.6. The predicted molar refractivity (Wildman–Crippen MR) is 139 cm³/mol. The maximum absolute atomic E-state index is 4.51. The van der Waals surface area contributed by atoms with Crippen molar-refractivity contribution in [3.8, 4) is 33.6 Å². The monoisotopic (exact) mass is 450 g/mol. The van der Waals surface area contributed by atoms with Gasteiger partial charge < -0.3 is 20.6 Å². The molecule has 2 heterocycles. The van der Waals surface area contributed by atoms with Crippen molar-refractivity contribution in [2.24, 2.45) is 0 Å². The second-order valence-electron chi connectivity index (χ2n) is 8.74. The van der Waals surface area contributed by atoms with Crippen LogP contribution in [0, 0.1) is 0 Å². The Hall–Kier alpha value is -3.74. The third-order valence-corrected chi connectivity index (χ3v) is 6.56. The molecule has 5 aromatic rings.